The highest BCUT2D eigenvalue weighted by atomic mass is 32.2. The van der Waals surface area contributed by atoms with Crippen molar-refractivity contribution in [3.05, 3.63) is 52.1 Å². The van der Waals surface area contributed by atoms with Crippen molar-refractivity contribution in [2.75, 3.05) is 19.3 Å². The highest BCUT2D eigenvalue weighted by molar-refractivity contribution is 7.99. The van der Waals surface area contributed by atoms with Gasteiger partial charge in [-0.1, -0.05) is 30.0 Å². The Morgan fingerprint density at radius 3 is 2.85 bits per heavy atom. The summed E-state index contributed by atoms with van der Waals surface area (Å²) in [6, 6.07) is 13.1. The van der Waals surface area contributed by atoms with E-state index in [2.05, 4.69) is 4.98 Å². The van der Waals surface area contributed by atoms with Crippen molar-refractivity contribution in [2.24, 2.45) is 0 Å². The number of hydrogen-bond acceptors (Lipinski definition) is 6. The van der Waals surface area contributed by atoms with Gasteiger partial charge in [0.05, 0.1) is 29.3 Å². The van der Waals surface area contributed by atoms with E-state index in [9.17, 15) is 9.59 Å². The third-order valence-corrected chi connectivity index (χ3v) is 5.52. The van der Waals surface area contributed by atoms with Crippen LogP contribution in [0, 0.1) is 11.3 Å². The molecule has 3 aromatic rings. The van der Waals surface area contributed by atoms with Crippen molar-refractivity contribution in [1.82, 2.24) is 14.5 Å². The molecule has 0 aliphatic rings. The SMILES string of the molecule is CN(CCC#N)C(=O)CSc1nc2sccc2c(=O)n1-c1ccccc1. The highest BCUT2D eigenvalue weighted by Gasteiger charge is 2.16. The molecule has 1 aromatic carbocycles. The smallest absolute Gasteiger partial charge is 0.267 e. The van der Waals surface area contributed by atoms with Crippen molar-refractivity contribution < 1.29 is 4.79 Å². The Morgan fingerprint density at radius 1 is 1.35 bits per heavy atom. The van der Waals surface area contributed by atoms with Gasteiger partial charge in [0.15, 0.2) is 5.16 Å². The minimum Gasteiger partial charge on any atom is -0.344 e. The molecule has 3 rings (SSSR count). The predicted molar refractivity (Wildman–Crippen MR) is 104 cm³/mol. The first-order valence-corrected chi connectivity index (χ1v) is 9.77. The first-order valence-electron chi connectivity index (χ1n) is 7.91. The fourth-order valence-corrected chi connectivity index (χ4v) is 4.13. The number of para-hydroxylation sites is 1. The lowest BCUT2D eigenvalue weighted by Crippen LogP contribution is -2.29. The molecule has 0 bridgehead atoms. The fourth-order valence-electron chi connectivity index (χ4n) is 2.38. The van der Waals surface area contributed by atoms with Gasteiger partial charge in [0.2, 0.25) is 5.91 Å². The summed E-state index contributed by atoms with van der Waals surface area (Å²) in [5, 5.41) is 11.5. The summed E-state index contributed by atoms with van der Waals surface area (Å²) < 4.78 is 1.54. The molecule has 0 saturated carbocycles. The number of carbonyl (C=O) groups is 1. The van der Waals surface area contributed by atoms with Crippen LogP contribution in [-0.4, -0.2) is 39.7 Å². The summed E-state index contributed by atoms with van der Waals surface area (Å²) in [6.07, 6.45) is 0.293. The van der Waals surface area contributed by atoms with E-state index >= 15 is 0 Å². The second-order valence-corrected chi connectivity index (χ2v) is 7.36. The van der Waals surface area contributed by atoms with Gasteiger partial charge in [0, 0.05) is 13.6 Å². The lowest BCUT2D eigenvalue weighted by atomic mass is 10.3. The van der Waals surface area contributed by atoms with Gasteiger partial charge in [-0.15, -0.1) is 11.3 Å². The Bertz CT molecular complexity index is 1020. The molecule has 0 unspecified atom stereocenters. The molecule has 2 heterocycles. The number of nitriles is 1. The minimum absolute atomic E-state index is 0.106. The predicted octanol–water partition coefficient (Wildman–Crippen LogP) is 2.91. The second kappa shape index (κ2) is 8.17. The normalized spacial score (nSPS) is 10.6. The van der Waals surface area contributed by atoms with Crippen LogP contribution in [-0.2, 0) is 4.79 Å². The van der Waals surface area contributed by atoms with Crippen molar-refractivity contribution >= 4 is 39.2 Å². The molecule has 0 spiro atoms. The van der Waals surface area contributed by atoms with Crippen LogP contribution in [0.2, 0.25) is 0 Å². The molecular weight excluding hydrogens is 368 g/mol. The van der Waals surface area contributed by atoms with Crippen LogP contribution in [0.15, 0.2) is 51.7 Å². The molecule has 0 aliphatic carbocycles. The van der Waals surface area contributed by atoms with Crippen molar-refractivity contribution in [3.8, 4) is 11.8 Å². The van der Waals surface area contributed by atoms with E-state index in [1.165, 1.54) is 28.0 Å². The van der Waals surface area contributed by atoms with Crippen LogP contribution in [0.4, 0.5) is 0 Å². The average molecular weight is 384 g/mol. The van der Waals surface area contributed by atoms with E-state index in [-0.39, 0.29) is 17.2 Å². The van der Waals surface area contributed by atoms with Gasteiger partial charge in [0.25, 0.3) is 5.56 Å². The Balaban J connectivity index is 1.94. The maximum atomic E-state index is 12.9. The number of aromatic nitrogens is 2. The third-order valence-electron chi connectivity index (χ3n) is 3.79. The van der Waals surface area contributed by atoms with Gasteiger partial charge in [-0.25, -0.2) is 4.98 Å². The van der Waals surface area contributed by atoms with Crippen molar-refractivity contribution in [3.63, 3.8) is 0 Å². The average Bonchev–Trinajstić information content (AvgIpc) is 3.13. The van der Waals surface area contributed by atoms with E-state index in [0.29, 0.717) is 34.0 Å². The lowest BCUT2D eigenvalue weighted by molar-refractivity contribution is -0.127. The first kappa shape index (κ1) is 18.2. The Labute approximate surface area is 158 Å². The van der Waals surface area contributed by atoms with Crippen molar-refractivity contribution in [1.29, 1.82) is 5.26 Å². The lowest BCUT2D eigenvalue weighted by Gasteiger charge is -2.16. The standard InChI is InChI=1S/C18H16N4O2S2/c1-21(10-5-9-19)15(23)12-26-18-20-16-14(8-11-25-16)17(24)22(18)13-6-3-2-4-7-13/h2-4,6-8,11H,5,10,12H2,1H3. The van der Waals surface area contributed by atoms with E-state index in [0.717, 1.165) is 0 Å². The monoisotopic (exact) mass is 384 g/mol. The topological polar surface area (TPSA) is 79.0 Å². The molecule has 1 amide bonds. The van der Waals surface area contributed by atoms with E-state index in [1.54, 1.807) is 17.7 Å². The molecule has 0 aliphatic heterocycles. The summed E-state index contributed by atoms with van der Waals surface area (Å²) in [5.41, 5.74) is 0.570. The third kappa shape index (κ3) is 3.79. The number of thioether (sulfide) groups is 1. The van der Waals surface area contributed by atoms with Gasteiger partial charge in [-0.05, 0) is 23.6 Å². The van der Waals surface area contributed by atoms with E-state index < -0.39 is 0 Å². The van der Waals surface area contributed by atoms with Crippen LogP contribution in [0.5, 0.6) is 0 Å². The van der Waals surface area contributed by atoms with E-state index in [4.69, 9.17) is 5.26 Å². The number of fused-ring (bicyclic) bond motifs is 1. The zero-order valence-corrected chi connectivity index (χ0v) is 15.7. The fraction of sp³-hybridized carbons (Fsp3) is 0.222. The molecule has 6 nitrogen and oxygen atoms in total. The van der Waals surface area contributed by atoms with Gasteiger partial charge >= 0.3 is 0 Å². The second-order valence-electron chi connectivity index (χ2n) is 5.52. The zero-order valence-electron chi connectivity index (χ0n) is 14.1. The number of thiophene rings is 1. The molecule has 0 fully saturated rings. The zero-order chi connectivity index (χ0) is 18.5. The van der Waals surface area contributed by atoms with Gasteiger partial charge < -0.3 is 4.90 Å². The largest absolute Gasteiger partial charge is 0.344 e. The molecule has 0 atom stereocenters. The van der Waals surface area contributed by atoms with Crippen LogP contribution in [0.3, 0.4) is 0 Å². The Morgan fingerprint density at radius 2 is 2.12 bits per heavy atom. The van der Waals surface area contributed by atoms with Gasteiger partial charge in [-0.2, -0.15) is 5.26 Å². The maximum Gasteiger partial charge on any atom is 0.267 e. The van der Waals surface area contributed by atoms with Gasteiger partial charge in [-0.3, -0.25) is 14.2 Å². The van der Waals surface area contributed by atoms with E-state index in [1.807, 2.05) is 41.8 Å². The highest BCUT2D eigenvalue weighted by Crippen LogP contribution is 2.23. The Kier molecular flexibility index (Phi) is 5.71. The maximum absolute atomic E-state index is 12.9. The summed E-state index contributed by atoms with van der Waals surface area (Å²) in [6.45, 7) is 0.388. The number of benzene rings is 1. The van der Waals surface area contributed by atoms with Gasteiger partial charge in [0.1, 0.15) is 4.83 Å². The van der Waals surface area contributed by atoms with Crippen LogP contribution in [0.1, 0.15) is 6.42 Å². The molecule has 0 radical (unpaired) electrons. The van der Waals surface area contributed by atoms with Crippen LogP contribution in [0.25, 0.3) is 15.9 Å². The first-order chi connectivity index (χ1) is 12.6. The number of hydrogen-bond donors (Lipinski definition) is 0. The van der Waals surface area contributed by atoms with Crippen molar-refractivity contribution in [2.45, 2.75) is 11.6 Å². The Hall–Kier alpha value is -2.63. The number of rotatable bonds is 6. The molecule has 8 heteroatoms. The quantitative estimate of drug-likeness (QED) is 0.482. The number of nitrogens with zero attached hydrogens (tertiary/aromatic N) is 4. The molecule has 2 aromatic heterocycles. The number of amides is 1. The molecule has 132 valence electrons. The summed E-state index contributed by atoms with van der Waals surface area (Å²) in [7, 11) is 1.67. The summed E-state index contributed by atoms with van der Waals surface area (Å²) >= 11 is 2.63. The number of carbonyl (C=O) groups excluding carboxylic acids is 1. The molecular formula is C18H16N4O2S2. The summed E-state index contributed by atoms with van der Waals surface area (Å²) in [4.78, 5) is 31.9. The molecule has 0 saturated heterocycles. The minimum atomic E-state index is -0.143. The van der Waals surface area contributed by atoms with Crippen LogP contribution >= 0.6 is 23.1 Å². The summed E-state index contributed by atoms with van der Waals surface area (Å²) in [5.74, 6) is 0.0448. The van der Waals surface area contributed by atoms with Crippen LogP contribution < -0.4 is 5.56 Å². The molecule has 26 heavy (non-hydrogen) atoms. The molecule has 0 N–H and O–H groups in total.